The van der Waals surface area contributed by atoms with E-state index in [0.29, 0.717) is 37.4 Å². The molecule has 0 radical (unpaired) electrons. The maximum absolute atomic E-state index is 12.5. The standard InChI is InChI=1S/C19H26N6O3/c1-19(2,3)14-11-15(25(24-14)17-20-9-4-10-21-17)23-18(28)22-13-7-5-12(6-8-13)16(26)27/h4,9-13H,5-8H2,1-3H3,(H,26,27)(H2,22,23,28). The van der Waals surface area contributed by atoms with Crippen molar-refractivity contribution < 1.29 is 14.7 Å². The van der Waals surface area contributed by atoms with E-state index in [4.69, 9.17) is 5.11 Å². The van der Waals surface area contributed by atoms with Gasteiger partial charge in [0.25, 0.3) is 5.95 Å². The van der Waals surface area contributed by atoms with Crippen LogP contribution in [0.1, 0.15) is 52.1 Å². The second-order valence-electron chi connectivity index (χ2n) is 8.11. The summed E-state index contributed by atoms with van der Waals surface area (Å²) >= 11 is 0. The van der Waals surface area contributed by atoms with Crippen LogP contribution in [0.5, 0.6) is 0 Å². The van der Waals surface area contributed by atoms with Gasteiger partial charge in [0.05, 0.1) is 11.6 Å². The predicted molar refractivity (Wildman–Crippen MR) is 103 cm³/mol. The lowest BCUT2D eigenvalue weighted by atomic mass is 9.86. The van der Waals surface area contributed by atoms with Gasteiger partial charge in [0, 0.05) is 29.9 Å². The lowest BCUT2D eigenvalue weighted by molar-refractivity contribution is -0.142. The minimum atomic E-state index is -0.760. The molecule has 2 amide bonds. The molecule has 0 atom stereocenters. The summed E-state index contributed by atoms with van der Waals surface area (Å²) in [5.41, 5.74) is 0.597. The third-order valence-corrected chi connectivity index (χ3v) is 4.87. The van der Waals surface area contributed by atoms with Crippen molar-refractivity contribution in [3.63, 3.8) is 0 Å². The molecule has 1 saturated carbocycles. The lowest BCUT2D eigenvalue weighted by Crippen LogP contribution is -2.41. The Morgan fingerprint density at radius 1 is 1.14 bits per heavy atom. The molecule has 0 spiro atoms. The normalized spacial score (nSPS) is 19.8. The summed E-state index contributed by atoms with van der Waals surface area (Å²) in [6.45, 7) is 6.11. The molecular weight excluding hydrogens is 360 g/mol. The van der Waals surface area contributed by atoms with Crippen molar-refractivity contribution in [1.29, 1.82) is 0 Å². The minimum Gasteiger partial charge on any atom is -0.481 e. The van der Waals surface area contributed by atoms with Crippen molar-refractivity contribution in [3.05, 3.63) is 30.2 Å². The van der Waals surface area contributed by atoms with Crippen LogP contribution >= 0.6 is 0 Å². The van der Waals surface area contributed by atoms with E-state index in [2.05, 4.69) is 25.7 Å². The van der Waals surface area contributed by atoms with Crippen molar-refractivity contribution in [2.45, 2.75) is 57.9 Å². The smallest absolute Gasteiger partial charge is 0.320 e. The number of carbonyl (C=O) groups is 2. The van der Waals surface area contributed by atoms with Gasteiger partial charge in [-0.15, -0.1) is 0 Å². The van der Waals surface area contributed by atoms with E-state index in [0.717, 1.165) is 5.69 Å². The fourth-order valence-electron chi connectivity index (χ4n) is 3.21. The molecule has 0 aliphatic heterocycles. The summed E-state index contributed by atoms with van der Waals surface area (Å²) < 4.78 is 1.52. The van der Waals surface area contributed by atoms with Crippen molar-refractivity contribution in [2.75, 3.05) is 5.32 Å². The highest BCUT2D eigenvalue weighted by Crippen LogP contribution is 2.26. The van der Waals surface area contributed by atoms with Crippen LogP contribution < -0.4 is 10.6 Å². The van der Waals surface area contributed by atoms with Crippen LogP contribution in [0.15, 0.2) is 24.5 Å². The van der Waals surface area contributed by atoms with Gasteiger partial charge < -0.3 is 10.4 Å². The van der Waals surface area contributed by atoms with Gasteiger partial charge in [-0.25, -0.2) is 14.8 Å². The molecule has 1 aliphatic carbocycles. The Bertz CT molecular complexity index is 835. The van der Waals surface area contributed by atoms with Gasteiger partial charge in [0.15, 0.2) is 0 Å². The number of carboxylic acid groups (broad SMARTS) is 1. The van der Waals surface area contributed by atoms with Crippen molar-refractivity contribution in [1.82, 2.24) is 25.1 Å². The number of rotatable bonds is 4. The third kappa shape index (κ3) is 4.65. The molecule has 0 aromatic carbocycles. The van der Waals surface area contributed by atoms with Crippen LogP contribution in [0.2, 0.25) is 0 Å². The third-order valence-electron chi connectivity index (χ3n) is 4.87. The quantitative estimate of drug-likeness (QED) is 0.743. The molecule has 2 aromatic heterocycles. The molecule has 2 aromatic rings. The summed E-state index contributed by atoms with van der Waals surface area (Å²) in [5, 5.41) is 19.4. The molecule has 0 saturated heterocycles. The van der Waals surface area contributed by atoms with Crippen LogP contribution in [0, 0.1) is 5.92 Å². The van der Waals surface area contributed by atoms with Gasteiger partial charge >= 0.3 is 12.0 Å². The Hall–Kier alpha value is -2.97. The van der Waals surface area contributed by atoms with E-state index in [1.165, 1.54) is 4.68 Å². The summed E-state index contributed by atoms with van der Waals surface area (Å²) in [7, 11) is 0. The molecule has 28 heavy (non-hydrogen) atoms. The number of carbonyl (C=O) groups excluding carboxylic acids is 1. The molecule has 2 heterocycles. The van der Waals surface area contributed by atoms with Crippen LogP contribution in [0.25, 0.3) is 5.95 Å². The SMILES string of the molecule is CC(C)(C)c1cc(NC(=O)NC2CCC(C(=O)O)CC2)n(-c2ncccn2)n1. The molecule has 3 N–H and O–H groups in total. The largest absolute Gasteiger partial charge is 0.481 e. The van der Waals surface area contributed by atoms with E-state index in [-0.39, 0.29) is 23.4 Å². The van der Waals surface area contributed by atoms with E-state index in [1.807, 2.05) is 26.8 Å². The highest BCUT2D eigenvalue weighted by Gasteiger charge is 2.27. The van der Waals surface area contributed by atoms with Gasteiger partial charge in [-0.05, 0) is 31.7 Å². The van der Waals surface area contributed by atoms with Gasteiger partial charge in [0.1, 0.15) is 5.82 Å². The van der Waals surface area contributed by atoms with E-state index < -0.39 is 5.97 Å². The van der Waals surface area contributed by atoms with E-state index >= 15 is 0 Å². The Labute approximate surface area is 163 Å². The first-order chi connectivity index (χ1) is 13.2. The van der Waals surface area contributed by atoms with E-state index in [9.17, 15) is 9.59 Å². The summed E-state index contributed by atoms with van der Waals surface area (Å²) in [6.07, 6.45) is 5.68. The maximum Gasteiger partial charge on any atom is 0.320 e. The Kier molecular flexibility index (Phi) is 5.62. The molecular formula is C19H26N6O3. The Morgan fingerprint density at radius 3 is 2.36 bits per heavy atom. The van der Waals surface area contributed by atoms with Crippen molar-refractivity contribution in [3.8, 4) is 5.95 Å². The second kappa shape index (κ2) is 7.95. The average molecular weight is 386 g/mol. The summed E-state index contributed by atoms with van der Waals surface area (Å²) in [4.78, 5) is 32.0. The van der Waals surface area contributed by atoms with Gasteiger partial charge in [-0.3, -0.25) is 10.1 Å². The van der Waals surface area contributed by atoms with Crippen LogP contribution in [-0.4, -0.2) is 42.9 Å². The zero-order valence-corrected chi connectivity index (χ0v) is 16.3. The fourth-order valence-corrected chi connectivity index (χ4v) is 3.21. The van der Waals surface area contributed by atoms with Gasteiger partial charge in [-0.2, -0.15) is 9.78 Å². The number of nitrogens with zero attached hydrogens (tertiary/aromatic N) is 4. The zero-order chi connectivity index (χ0) is 20.3. The number of aromatic nitrogens is 4. The van der Waals surface area contributed by atoms with Crippen LogP contribution in [-0.2, 0) is 10.2 Å². The maximum atomic E-state index is 12.5. The highest BCUT2D eigenvalue weighted by molar-refractivity contribution is 5.89. The average Bonchev–Trinajstić information content (AvgIpc) is 3.07. The van der Waals surface area contributed by atoms with Crippen molar-refractivity contribution in [2.24, 2.45) is 5.92 Å². The molecule has 9 heteroatoms. The number of hydrogen-bond acceptors (Lipinski definition) is 5. The second-order valence-corrected chi connectivity index (χ2v) is 8.11. The van der Waals surface area contributed by atoms with Gasteiger partial charge in [0.2, 0.25) is 0 Å². The predicted octanol–water partition coefficient (Wildman–Crippen LogP) is 2.72. The first-order valence-corrected chi connectivity index (χ1v) is 9.42. The number of hydrogen-bond donors (Lipinski definition) is 3. The van der Waals surface area contributed by atoms with Crippen LogP contribution in [0.3, 0.4) is 0 Å². The van der Waals surface area contributed by atoms with Crippen molar-refractivity contribution >= 4 is 17.8 Å². The molecule has 9 nitrogen and oxygen atoms in total. The Balaban J connectivity index is 1.72. The molecule has 0 unspecified atom stereocenters. The zero-order valence-electron chi connectivity index (χ0n) is 16.3. The molecule has 1 aliphatic rings. The van der Waals surface area contributed by atoms with Crippen LogP contribution in [0.4, 0.5) is 10.6 Å². The number of anilines is 1. The van der Waals surface area contributed by atoms with E-state index in [1.54, 1.807) is 18.5 Å². The summed E-state index contributed by atoms with van der Waals surface area (Å²) in [5.74, 6) is -0.223. The number of amides is 2. The Morgan fingerprint density at radius 2 is 1.79 bits per heavy atom. The highest BCUT2D eigenvalue weighted by atomic mass is 16.4. The number of urea groups is 1. The number of nitrogens with one attached hydrogen (secondary N) is 2. The molecule has 0 bridgehead atoms. The summed E-state index contributed by atoms with van der Waals surface area (Å²) in [6, 6.07) is 3.14. The molecule has 3 rings (SSSR count). The first-order valence-electron chi connectivity index (χ1n) is 9.42. The monoisotopic (exact) mass is 386 g/mol. The lowest BCUT2D eigenvalue weighted by Gasteiger charge is -2.26. The fraction of sp³-hybridized carbons (Fsp3) is 0.526. The minimum absolute atomic E-state index is 0.0398. The van der Waals surface area contributed by atoms with Gasteiger partial charge in [-0.1, -0.05) is 20.8 Å². The topological polar surface area (TPSA) is 122 Å². The number of carboxylic acids is 1. The number of aliphatic carboxylic acids is 1. The molecule has 150 valence electrons. The molecule has 1 fully saturated rings. The first kappa shape index (κ1) is 19.8.